The summed E-state index contributed by atoms with van der Waals surface area (Å²) >= 11 is 0. The first kappa shape index (κ1) is 19.5. The highest BCUT2D eigenvalue weighted by molar-refractivity contribution is 5.72. The number of hydrogen-bond acceptors (Lipinski definition) is 3. The Kier molecular flexibility index (Phi) is 9.77. The van der Waals surface area contributed by atoms with Crippen LogP contribution in [0.1, 0.15) is 91.4 Å². The van der Waals surface area contributed by atoms with Crippen molar-refractivity contribution in [1.29, 1.82) is 0 Å². The quantitative estimate of drug-likeness (QED) is 0.677. The summed E-state index contributed by atoms with van der Waals surface area (Å²) in [6.07, 6.45) is 14.7. The number of hydrogen-bond donors (Lipinski definition) is 0. The van der Waals surface area contributed by atoms with Crippen LogP contribution in [-0.2, 0) is 9.53 Å². The summed E-state index contributed by atoms with van der Waals surface area (Å²) in [5, 5.41) is 0. The van der Waals surface area contributed by atoms with Gasteiger partial charge in [0.15, 0.2) is 0 Å². The van der Waals surface area contributed by atoms with Gasteiger partial charge >= 0.3 is 5.97 Å². The lowest BCUT2D eigenvalue weighted by atomic mass is 10.0. The largest absolute Gasteiger partial charge is 0.459 e. The molecule has 0 saturated carbocycles. The Morgan fingerprint density at radius 1 is 0.773 bits per heavy atom. The van der Waals surface area contributed by atoms with Gasteiger partial charge in [0.25, 0.3) is 0 Å². The number of ether oxygens (including phenoxy) is 1. The number of rotatable bonds is 2. The second-order valence-electron chi connectivity index (χ2n) is 7.75. The molecule has 0 unspecified atom stereocenters. The normalized spacial score (nSPS) is 21.0. The first-order valence-corrected chi connectivity index (χ1v) is 9.41. The van der Waals surface area contributed by atoms with Gasteiger partial charge in [-0.2, -0.15) is 0 Å². The second kappa shape index (κ2) is 11.0. The van der Waals surface area contributed by atoms with Gasteiger partial charge in [-0.1, -0.05) is 57.8 Å². The van der Waals surface area contributed by atoms with Crippen LogP contribution in [0.25, 0.3) is 0 Å². The predicted molar refractivity (Wildman–Crippen MR) is 93.1 cm³/mol. The van der Waals surface area contributed by atoms with Crippen LogP contribution in [0.3, 0.4) is 0 Å². The van der Waals surface area contributed by atoms with Gasteiger partial charge < -0.3 is 4.74 Å². The highest BCUT2D eigenvalue weighted by Crippen LogP contribution is 2.14. The monoisotopic (exact) mass is 311 g/mol. The lowest BCUT2D eigenvalue weighted by molar-refractivity contribution is -0.156. The fourth-order valence-corrected chi connectivity index (χ4v) is 3.09. The van der Waals surface area contributed by atoms with Crippen LogP contribution in [0.4, 0.5) is 0 Å². The molecule has 130 valence electrons. The van der Waals surface area contributed by atoms with E-state index in [1.54, 1.807) is 0 Å². The van der Waals surface area contributed by atoms with Gasteiger partial charge in [-0.3, -0.25) is 9.69 Å². The van der Waals surface area contributed by atoms with E-state index < -0.39 is 0 Å². The van der Waals surface area contributed by atoms with E-state index in [-0.39, 0.29) is 11.6 Å². The van der Waals surface area contributed by atoms with E-state index in [0.717, 1.165) is 13.1 Å². The van der Waals surface area contributed by atoms with Crippen molar-refractivity contribution in [2.24, 2.45) is 0 Å². The Hall–Kier alpha value is -0.570. The molecule has 0 aromatic heterocycles. The number of carbonyl (C=O) groups excluding carboxylic acids is 1. The highest BCUT2D eigenvalue weighted by Gasteiger charge is 2.18. The van der Waals surface area contributed by atoms with Gasteiger partial charge in [-0.05, 0) is 46.7 Å². The van der Waals surface area contributed by atoms with Crippen molar-refractivity contribution < 1.29 is 9.53 Å². The zero-order chi connectivity index (χ0) is 16.3. The maximum Gasteiger partial charge on any atom is 0.320 e. The van der Waals surface area contributed by atoms with Crippen LogP contribution < -0.4 is 0 Å². The molecule has 0 spiro atoms. The molecule has 1 rings (SSSR count). The van der Waals surface area contributed by atoms with Crippen LogP contribution in [-0.4, -0.2) is 36.1 Å². The van der Waals surface area contributed by atoms with E-state index in [1.807, 2.05) is 20.8 Å². The Bertz CT molecular complexity index is 282. The second-order valence-corrected chi connectivity index (χ2v) is 7.75. The molecule has 0 aliphatic carbocycles. The Labute approximate surface area is 137 Å². The molecule has 0 aromatic rings. The minimum atomic E-state index is -0.375. The number of carbonyl (C=O) groups is 1. The molecule has 0 N–H and O–H groups in total. The highest BCUT2D eigenvalue weighted by atomic mass is 16.6. The smallest absolute Gasteiger partial charge is 0.320 e. The van der Waals surface area contributed by atoms with Gasteiger partial charge in [0.2, 0.25) is 0 Å². The van der Waals surface area contributed by atoms with Crippen LogP contribution >= 0.6 is 0 Å². The lowest BCUT2D eigenvalue weighted by Crippen LogP contribution is -2.36. The van der Waals surface area contributed by atoms with Crippen molar-refractivity contribution in [3.8, 4) is 0 Å². The lowest BCUT2D eigenvalue weighted by Gasteiger charge is -2.25. The minimum Gasteiger partial charge on any atom is -0.459 e. The molecule has 0 amide bonds. The van der Waals surface area contributed by atoms with Gasteiger partial charge in [0, 0.05) is 0 Å². The average Bonchev–Trinajstić information content (AvgIpc) is 2.41. The molecule has 0 atom stereocenters. The summed E-state index contributed by atoms with van der Waals surface area (Å²) in [6.45, 7) is 8.35. The standard InChI is InChI=1S/C19H37NO2/c1-19(2,3)22-18(21)17-20-15-13-11-9-7-5-4-6-8-10-12-14-16-20/h4-17H2,1-3H3. The maximum absolute atomic E-state index is 12.0. The first-order valence-electron chi connectivity index (χ1n) is 9.41. The topological polar surface area (TPSA) is 29.5 Å². The molecule has 1 aliphatic rings. The van der Waals surface area contributed by atoms with E-state index in [1.165, 1.54) is 70.6 Å². The summed E-state index contributed by atoms with van der Waals surface area (Å²) in [5.41, 5.74) is -0.375. The fourth-order valence-electron chi connectivity index (χ4n) is 3.09. The average molecular weight is 312 g/mol. The summed E-state index contributed by atoms with van der Waals surface area (Å²) in [4.78, 5) is 14.3. The van der Waals surface area contributed by atoms with Gasteiger partial charge in [-0.25, -0.2) is 0 Å². The summed E-state index contributed by atoms with van der Waals surface area (Å²) < 4.78 is 5.47. The third-order valence-electron chi connectivity index (χ3n) is 4.22. The van der Waals surface area contributed by atoms with Crippen molar-refractivity contribution >= 4 is 5.97 Å². The maximum atomic E-state index is 12.0. The van der Waals surface area contributed by atoms with Crippen LogP contribution in [0.15, 0.2) is 0 Å². The van der Waals surface area contributed by atoms with Crippen molar-refractivity contribution in [3.63, 3.8) is 0 Å². The van der Waals surface area contributed by atoms with Gasteiger partial charge in [0.05, 0.1) is 6.54 Å². The SMILES string of the molecule is CC(C)(C)OC(=O)CN1CCCCCCCCCCCCC1. The van der Waals surface area contributed by atoms with Crippen LogP contribution in [0.2, 0.25) is 0 Å². The minimum absolute atomic E-state index is 0.0754. The third-order valence-corrected chi connectivity index (χ3v) is 4.22. The Balaban J connectivity index is 2.37. The van der Waals surface area contributed by atoms with Crippen molar-refractivity contribution in [2.75, 3.05) is 19.6 Å². The molecule has 1 saturated heterocycles. The van der Waals surface area contributed by atoms with Crippen molar-refractivity contribution in [3.05, 3.63) is 0 Å². The van der Waals surface area contributed by atoms with E-state index in [4.69, 9.17) is 4.74 Å². The molecule has 22 heavy (non-hydrogen) atoms. The summed E-state index contributed by atoms with van der Waals surface area (Å²) in [5.74, 6) is -0.0754. The zero-order valence-corrected chi connectivity index (χ0v) is 15.2. The van der Waals surface area contributed by atoms with E-state index in [2.05, 4.69) is 4.90 Å². The molecular formula is C19H37NO2. The van der Waals surface area contributed by atoms with Crippen LogP contribution in [0.5, 0.6) is 0 Å². The zero-order valence-electron chi connectivity index (χ0n) is 15.2. The molecule has 0 aromatic carbocycles. The molecule has 1 aliphatic heterocycles. The molecule has 0 bridgehead atoms. The Morgan fingerprint density at radius 2 is 1.14 bits per heavy atom. The molecule has 0 radical (unpaired) electrons. The summed E-state index contributed by atoms with van der Waals surface area (Å²) in [6, 6.07) is 0. The van der Waals surface area contributed by atoms with E-state index in [9.17, 15) is 4.79 Å². The summed E-state index contributed by atoms with van der Waals surface area (Å²) in [7, 11) is 0. The van der Waals surface area contributed by atoms with Crippen LogP contribution in [0, 0.1) is 0 Å². The van der Waals surface area contributed by atoms with E-state index >= 15 is 0 Å². The predicted octanol–water partition coefficient (Wildman–Crippen LogP) is 4.93. The number of nitrogens with zero attached hydrogens (tertiary/aromatic N) is 1. The molecule has 1 heterocycles. The van der Waals surface area contributed by atoms with Gasteiger partial charge in [0.1, 0.15) is 5.60 Å². The van der Waals surface area contributed by atoms with Gasteiger partial charge in [-0.15, -0.1) is 0 Å². The molecule has 1 fully saturated rings. The first-order chi connectivity index (χ1) is 10.5. The van der Waals surface area contributed by atoms with Crippen molar-refractivity contribution in [1.82, 2.24) is 4.90 Å². The molecule has 3 nitrogen and oxygen atoms in total. The fraction of sp³-hybridized carbons (Fsp3) is 0.947. The van der Waals surface area contributed by atoms with E-state index in [0.29, 0.717) is 6.54 Å². The third kappa shape index (κ3) is 11.1. The molecule has 3 heteroatoms. The Morgan fingerprint density at radius 3 is 1.50 bits per heavy atom. The van der Waals surface area contributed by atoms with Crippen molar-refractivity contribution in [2.45, 2.75) is 97.0 Å². The number of esters is 1. The molecular weight excluding hydrogens is 274 g/mol.